The maximum atomic E-state index is 12.2. The number of Topliss-reactive ketones (excluding diaryl/α,β-unsaturated/α-hetero) is 1. The molecule has 2 aliphatic carbocycles. The van der Waals surface area contributed by atoms with Gasteiger partial charge >= 0.3 is 0 Å². The van der Waals surface area contributed by atoms with Gasteiger partial charge in [0.25, 0.3) is 0 Å². The van der Waals surface area contributed by atoms with Crippen LogP contribution in [0.3, 0.4) is 0 Å². The molecule has 2 aliphatic rings. The molecule has 164 valence electrons. The maximum Gasteiger partial charge on any atom is 0.220 e. The first-order chi connectivity index (χ1) is 15.5. The van der Waals surface area contributed by atoms with E-state index >= 15 is 0 Å². The van der Waals surface area contributed by atoms with Crippen molar-refractivity contribution >= 4 is 28.7 Å². The number of anilines is 1. The van der Waals surface area contributed by atoms with Crippen LogP contribution in [0.25, 0.3) is 21.6 Å². The molecule has 11 nitrogen and oxygen atoms in total. The standard InChI is InChI=1S/C21H22N8O3/c1-11(30)21-9-13(21)15(16(31)17(21)32)29-10-24-14-18(25-20(27-28-22)26-19(14)29)23-8-7-12-5-3-2-4-6-12/h2-6,10,13,15-17,31-32H,7-9H2,1H3,(H,23,25,26)/t13?,15-,16+,17?,21-/m1/s1. The predicted octanol–water partition coefficient (Wildman–Crippen LogP) is 2.29. The minimum atomic E-state index is -1.14. The Morgan fingerprint density at radius 3 is 2.81 bits per heavy atom. The number of carbonyl (C=O) groups is 1. The lowest BCUT2D eigenvalue weighted by atomic mass is 9.95. The number of hydrogen-bond donors (Lipinski definition) is 3. The van der Waals surface area contributed by atoms with Crippen LogP contribution >= 0.6 is 0 Å². The highest BCUT2D eigenvalue weighted by molar-refractivity contribution is 5.88. The Morgan fingerprint density at radius 2 is 2.12 bits per heavy atom. The van der Waals surface area contributed by atoms with Crippen LogP contribution in [0.4, 0.5) is 11.8 Å². The van der Waals surface area contributed by atoms with Gasteiger partial charge in [-0.3, -0.25) is 4.79 Å². The van der Waals surface area contributed by atoms with Gasteiger partial charge in [0.2, 0.25) is 5.95 Å². The van der Waals surface area contributed by atoms with Crippen LogP contribution in [0, 0.1) is 11.3 Å². The first-order valence-corrected chi connectivity index (χ1v) is 10.4. The lowest BCUT2D eigenvalue weighted by molar-refractivity contribution is -0.128. The SMILES string of the molecule is CC(=O)[C@]12CC1[C@@H](n1cnc3c(NCCc4ccccc4)nc(N=[N+]=[N-])nc31)[C@H](O)C2O. The smallest absolute Gasteiger partial charge is 0.220 e. The number of imidazole rings is 1. The fourth-order valence-electron chi connectivity index (χ4n) is 5.07. The first-order valence-electron chi connectivity index (χ1n) is 10.4. The zero-order valence-corrected chi connectivity index (χ0v) is 17.3. The molecule has 0 radical (unpaired) electrons. The number of nitrogens with one attached hydrogen (secondary N) is 1. The van der Waals surface area contributed by atoms with Gasteiger partial charge in [-0.25, -0.2) is 15.0 Å². The van der Waals surface area contributed by atoms with Crippen molar-refractivity contribution in [2.24, 2.45) is 16.4 Å². The van der Waals surface area contributed by atoms with Gasteiger partial charge in [-0.1, -0.05) is 30.3 Å². The van der Waals surface area contributed by atoms with Crippen molar-refractivity contribution in [3.63, 3.8) is 0 Å². The predicted molar refractivity (Wildman–Crippen MR) is 115 cm³/mol. The zero-order valence-electron chi connectivity index (χ0n) is 17.3. The number of fused-ring (bicyclic) bond motifs is 2. The monoisotopic (exact) mass is 434 g/mol. The van der Waals surface area contributed by atoms with Gasteiger partial charge in [-0.2, -0.15) is 0 Å². The third-order valence-corrected chi connectivity index (χ3v) is 6.74. The van der Waals surface area contributed by atoms with Gasteiger partial charge < -0.3 is 20.1 Å². The summed E-state index contributed by atoms with van der Waals surface area (Å²) in [4.78, 5) is 28.0. The van der Waals surface area contributed by atoms with E-state index in [0.29, 0.717) is 29.9 Å². The first kappa shape index (κ1) is 20.4. The summed E-state index contributed by atoms with van der Waals surface area (Å²) in [5.41, 5.74) is 9.95. The van der Waals surface area contributed by atoms with Gasteiger partial charge in [0.05, 0.1) is 23.9 Å². The lowest BCUT2D eigenvalue weighted by Gasteiger charge is -2.23. The minimum absolute atomic E-state index is 0.0781. The summed E-state index contributed by atoms with van der Waals surface area (Å²) in [6.07, 6.45) is 0.496. The quantitative estimate of drug-likeness (QED) is 0.292. The highest BCUT2D eigenvalue weighted by Crippen LogP contribution is 2.68. The van der Waals surface area contributed by atoms with Crippen molar-refractivity contribution in [1.82, 2.24) is 19.5 Å². The van der Waals surface area contributed by atoms with Gasteiger partial charge in [-0.05, 0) is 41.9 Å². The molecule has 0 amide bonds. The Labute approximate surface area is 182 Å². The van der Waals surface area contributed by atoms with E-state index in [4.69, 9.17) is 5.53 Å². The highest BCUT2D eigenvalue weighted by atomic mass is 16.3. The Balaban J connectivity index is 1.49. The molecule has 1 aromatic carbocycles. The topological polar surface area (TPSA) is 162 Å². The molecule has 2 heterocycles. The molecule has 5 rings (SSSR count). The number of aliphatic hydroxyl groups excluding tert-OH is 2. The normalized spacial score (nSPS) is 28.2. The lowest BCUT2D eigenvalue weighted by Crippen LogP contribution is -2.36. The summed E-state index contributed by atoms with van der Waals surface area (Å²) < 4.78 is 1.66. The van der Waals surface area contributed by atoms with Crippen LogP contribution < -0.4 is 5.32 Å². The average molecular weight is 434 g/mol. The van der Waals surface area contributed by atoms with Crippen LogP contribution in [0.5, 0.6) is 0 Å². The number of benzene rings is 1. The van der Waals surface area contributed by atoms with E-state index in [0.717, 1.165) is 12.0 Å². The van der Waals surface area contributed by atoms with Crippen LogP contribution in [0.2, 0.25) is 0 Å². The third kappa shape index (κ3) is 3.01. The van der Waals surface area contributed by atoms with Crippen LogP contribution in [0.15, 0.2) is 41.8 Å². The van der Waals surface area contributed by atoms with Crippen LogP contribution in [-0.2, 0) is 11.2 Å². The summed E-state index contributed by atoms with van der Waals surface area (Å²) in [5, 5.41) is 28.1. The summed E-state index contributed by atoms with van der Waals surface area (Å²) in [6, 6.07) is 9.39. The number of azide groups is 1. The Morgan fingerprint density at radius 1 is 1.34 bits per heavy atom. The fraction of sp³-hybridized carbons (Fsp3) is 0.429. The minimum Gasteiger partial charge on any atom is -0.389 e. The van der Waals surface area contributed by atoms with E-state index in [1.165, 1.54) is 13.3 Å². The Bertz CT molecular complexity index is 1240. The molecule has 3 aromatic rings. The van der Waals surface area contributed by atoms with E-state index in [-0.39, 0.29) is 17.6 Å². The number of nitrogens with zero attached hydrogens (tertiary/aromatic N) is 7. The number of ketones is 1. The summed E-state index contributed by atoms with van der Waals surface area (Å²) in [5.74, 6) is -0.0113. The van der Waals surface area contributed by atoms with Crippen molar-refractivity contribution in [2.75, 3.05) is 11.9 Å². The van der Waals surface area contributed by atoms with Crippen LogP contribution in [0.1, 0.15) is 24.9 Å². The second-order valence-electron chi connectivity index (χ2n) is 8.38. The second kappa shape index (κ2) is 7.56. The zero-order chi connectivity index (χ0) is 22.5. The molecule has 0 spiro atoms. The van der Waals surface area contributed by atoms with E-state index in [1.54, 1.807) is 4.57 Å². The summed E-state index contributed by atoms with van der Waals surface area (Å²) in [6.45, 7) is 2.01. The van der Waals surface area contributed by atoms with E-state index in [2.05, 4.69) is 30.3 Å². The number of carbonyl (C=O) groups excluding carboxylic acids is 1. The van der Waals surface area contributed by atoms with Crippen molar-refractivity contribution in [1.29, 1.82) is 0 Å². The fourth-order valence-corrected chi connectivity index (χ4v) is 5.07. The van der Waals surface area contributed by atoms with Gasteiger partial charge in [-0.15, -0.1) is 0 Å². The molecule has 2 unspecified atom stereocenters. The molecule has 5 atom stereocenters. The molecule has 0 saturated heterocycles. The van der Waals surface area contributed by atoms with Crippen molar-refractivity contribution < 1.29 is 15.0 Å². The molecule has 0 bridgehead atoms. The largest absolute Gasteiger partial charge is 0.389 e. The van der Waals surface area contributed by atoms with Crippen molar-refractivity contribution in [3.05, 3.63) is 52.7 Å². The molecule has 2 aromatic heterocycles. The van der Waals surface area contributed by atoms with E-state index in [9.17, 15) is 15.0 Å². The molecular weight excluding hydrogens is 412 g/mol. The molecule has 32 heavy (non-hydrogen) atoms. The Kier molecular flexibility index (Phi) is 4.81. The summed E-state index contributed by atoms with van der Waals surface area (Å²) in [7, 11) is 0. The molecular formula is C21H22N8O3. The molecule has 0 aliphatic heterocycles. The Hall–Kier alpha value is -3.53. The molecule has 2 saturated carbocycles. The summed E-state index contributed by atoms with van der Waals surface area (Å²) >= 11 is 0. The van der Waals surface area contributed by atoms with E-state index < -0.39 is 23.7 Å². The van der Waals surface area contributed by atoms with Gasteiger partial charge in [0.15, 0.2) is 11.5 Å². The molecule has 3 N–H and O–H groups in total. The number of hydrogen-bond acceptors (Lipinski definition) is 8. The average Bonchev–Trinajstić information content (AvgIpc) is 3.33. The number of rotatable bonds is 7. The number of aromatic nitrogens is 4. The van der Waals surface area contributed by atoms with Gasteiger partial charge in [0.1, 0.15) is 17.4 Å². The van der Waals surface area contributed by atoms with Crippen LogP contribution in [-0.4, -0.2) is 54.3 Å². The maximum absolute atomic E-state index is 12.2. The van der Waals surface area contributed by atoms with E-state index in [1.807, 2.05) is 30.3 Å². The second-order valence-corrected chi connectivity index (χ2v) is 8.38. The van der Waals surface area contributed by atoms with Crippen molar-refractivity contribution in [2.45, 2.75) is 38.0 Å². The van der Waals surface area contributed by atoms with Crippen molar-refractivity contribution in [3.8, 4) is 0 Å². The third-order valence-electron chi connectivity index (χ3n) is 6.74. The molecule has 2 fully saturated rings. The van der Waals surface area contributed by atoms with Gasteiger partial charge in [0, 0.05) is 11.5 Å². The number of aliphatic hydroxyl groups is 2. The molecule has 11 heteroatoms. The highest BCUT2D eigenvalue weighted by Gasteiger charge is 2.74.